The van der Waals surface area contributed by atoms with Crippen LogP contribution < -0.4 is 21.3 Å². The summed E-state index contributed by atoms with van der Waals surface area (Å²) in [6, 6.07) is 5.97. The molecule has 0 saturated carbocycles. The molecular formula is C16H17N5O3. The van der Waals surface area contributed by atoms with Gasteiger partial charge in [0.15, 0.2) is 11.2 Å². The maximum atomic E-state index is 12.1. The monoisotopic (exact) mass is 327 g/mol. The quantitative estimate of drug-likeness (QED) is 0.726. The highest BCUT2D eigenvalue weighted by Gasteiger charge is 2.26. The third-order valence-electron chi connectivity index (χ3n) is 4.38. The zero-order valence-electron chi connectivity index (χ0n) is 13.6. The molecule has 1 aromatic carbocycles. The molecule has 0 radical (unpaired) electrons. The van der Waals surface area contributed by atoms with Gasteiger partial charge in [-0.1, -0.05) is 17.7 Å². The molecular weight excluding hydrogens is 310 g/mol. The van der Waals surface area contributed by atoms with E-state index in [1.165, 1.54) is 4.57 Å². The predicted octanol–water partition coefficient (Wildman–Crippen LogP) is 0.814. The van der Waals surface area contributed by atoms with Gasteiger partial charge in [0.25, 0.3) is 5.56 Å². The summed E-state index contributed by atoms with van der Waals surface area (Å²) >= 11 is 0. The standard InChI is InChI=1S/C16H17N5O3/c1-8-4-5-11-9(6-8)10(7-24-11)17-15-18-13-12(20(15)2)14(22)19-16(23)21(13)3/h4-6,10H,7H2,1-3H3,(H,17,18)(H,19,22,23). The SMILES string of the molecule is Cc1ccc2c(c1)C(Nc1nc3c(c(=O)[nH]c(=O)n3C)n1C)CO2. The van der Waals surface area contributed by atoms with Crippen LogP contribution in [-0.2, 0) is 14.1 Å². The lowest BCUT2D eigenvalue weighted by Gasteiger charge is -2.12. The molecule has 0 amide bonds. The van der Waals surface area contributed by atoms with Gasteiger partial charge in [0.1, 0.15) is 12.4 Å². The van der Waals surface area contributed by atoms with Crippen molar-refractivity contribution in [3.05, 3.63) is 50.2 Å². The van der Waals surface area contributed by atoms with Gasteiger partial charge in [0.05, 0.1) is 6.04 Å². The van der Waals surface area contributed by atoms with Crippen LogP contribution in [0.2, 0.25) is 0 Å². The molecule has 24 heavy (non-hydrogen) atoms. The molecule has 3 heterocycles. The summed E-state index contributed by atoms with van der Waals surface area (Å²) in [7, 11) is 3.32. The molecule has 1 aliphatic heterocycles. The Hall–Kier alpha value is -3.03. The van der Waals surface area contributed by atoms with Gasteiger partial charge in [-0.05, 0) is 13.0 Å². The van der Waals surface area contributed by atoms with Crippen LogP contribution in [0.4, 0.5) is 5.95 Å². The van der Waals surface area contributed by atoms with Gasteiger partial charge in [0, 0.05) is 19.7 Å². The highest BCUT2D eigenvalue weighted by atomic mass is 16.5. The number of rotatable bonds is 2. The highest BCUT2D eigenvalue weighted by molar-refractivity contribution is 5.74. The van der Waals surface area contributed by atoms with Crippen molar-refractivity contribution in [1.82, 2.24) is 19.1 Å². The van der Waals surface area contributed by atoms with Crippen molar-refractivity contribution < 1.29 is 4.74 Å². The fourth-order valence-electron chi connectivity index (χ4n) is 3.05. The molecule has 2 aromatic heterocycles. The fourth-order valence-corrected chi connectivity index (χ4v) is 3.05. The topological polar surface area (TPSA) is 93.9 Å². The molecule has 1 atom stereocenters. The van der Waals surface area contributed by atoms with Crippen LogP contribution in [-0.4, -0.2) is 25.7 Å². The van der Waals surface area contributed by atoms with Crippen molar-refractivity contribution in [1.29, 1.82) is 0 Å². The number of ether oxygens (including phenoxy) is 1. The third kappa shape index (κ3) is 2.03. The molecule has 0 saturated heterocycles. The number of hydrogen-bond donors (Lipinski definition) is 2. The van der Waals surface area contributed by atoms with Crippen molar-refractivity contribution in [2.45, 2.75) is 13.0 Å². The van der Waals surface area contributed by atoms with E-state index in [0.717, 1.165) is 16.9 Å². The lowest BCUT2D eigenvalue weighted by molar-refractivity contribution is 0.339. The predicted molar refractivity (Wildman–Crippen MR) is 89.6 cm³/mol. The van der Waals surface area contributed by atoms with Crippen LogP contribution in [0.3, 0.4) is 0 Å². The van der Waals surface area contributed by atoms with Crippen molar-refractivity contribution >= 4 is 17.1 Å². The van der Waals surface area contributed by atoms with Gasteiger partial charge >= 0.3 is 5.69 Å². The summed E-state index contributed by atoms with van der Waals surface area (Å²) in [5.74, 6) is 1.36. The van der Waals surface area contributed by atoms with Crippen molar-refractivity contribution in [3.8, 4) is 5.75 Å². The van der Waals surface area contributed by atoms with E-state index in [9.17, 15) is 9.59 Å². The molecule has 8 heteroatoms. The lowest BCUT2D eigenvalue weighted by atomic mass is 10.1. The van der Waals surface area contributed by atoms with E-state index in [2.05, 4.69) is 21.4 Å². The number of fused-ring (bicyclic) bond motifs is 2. The van der Waals surface area contributed by atoms with Gasteiger partial charge < -0.3 is 14.6 Å². The second-order valence-corrected chi connectivity index (χ2v) is 6.03. The minimum absolute atomic E-state index is 0.0634. The summed E-state index contributed by atoms with van der Waals surface area (Å²) in [6.45, 7) is 2.51. The maximum Gasteiger partial charge on any atom is 0.329 e. The second kappa shape index (κ2) is 4.98. The molecule has 4 rings (SSSR count). The Balaban J connectivity index is 1.80. The van der Waals surface area contributed by atoms with E-state index >= 15 is 0 Å². The van der Waals surface area contributed by atoms with Crippen LogP contribution in [0.1, 0.15) is 17.2 Å². The molecule has 124 valence electrons. The summed E-state index contributed by atoms with van der Waals surface area (Å²) < 4.78 is 8.67. The van der Waals surface area contributed by atoms with Crippen molar-refractivity contribution in [3.63, 3.8) is 0 Å². The van der Waals surface area contributed by atoms with Crippen LogP contribution in [0.25, 0.3) is 11.2 Å². The first-order valence-electron chi connectivity index (χ1n) is 7.61. The number of aromatic amines is 1. The molecule has 3 aromatic rings. The van der Waals surface area contributed by atoms with Gasteiger partial charge in [-0.15, -0.1) is 0 Å². The minimum Gasteiger partial charge on any atom is -0.491 e. The zero-order chi connectivity index (χ0) is 17.0. The molecule has 1 aliphatic rings. The highest BCUT2D eigenvalue weighted by Crippen LogP contribution is 2.35. The Morgan fingerprint density at radius 1 is 1.29 bits per heavy atom. The minimum atomic E-state index is -0.484. The summed E-state index contributed by atoms with van der Waals surface area (Å²) in [4.78, 5) is 30.5. The van der Waals surface area contributed by atoms with E-state index in [-0.39, 0.29) is 6.04 Å². The number of benzene rings is 1. The Morgan fingerprint density at radius 2 is 2.08 bits per heavy atom. The Morgan fingerprint density at radius 3 is 2.88 bits per heavy atom. The summed E-state index contributed by atoms with van der Waals surface area (Å²) in [5.41, 5.74) is 1.97. The first-order valence-corrected chi connectivity index (χ1v) is 7.61. The van der Waals surface area contributed by atoms with E-state index in [1.807, 2.05) is 19.1 Å². The Bertz CT molecular complexity index is 1080. The molecule has 0 aliphatic carbocycles. The van der Waals surface area contributed by atoms with Gasteiger partial charge in [-0.25, -0.2) is 4.79 Å². The number of nitrogens with zero attached hydrogens (tertiary/aromatic N) is 3. The Kier molecular flexibility index (Phi) is 3.02. The maximum absolute atomic E-state index is 12.1. The number of aryl methyl sites for hydroxylation is 3. The normalized spacial score (nSPS) is 16.2. The number of anilines is 1. The molecule has 0 bridgehead atoms. The lowest BCUT2D eigenvalue weighted by Crippen LogP contribution is -2.29. The average Bonchev–Trinajstić information content (AvgIpc) is 3.08. The zero-order valence-corrected chi connectivity index (χ0v) is 13.6. The van der Waals surface area contributed by atoms with Crippen LogP contribution in [0.5, 0.6) is 5.75 Å². The molecule has 0 spiro atoms. The van der Waals surface area contributed by atoms with E-state index in [4.69, 9.17) is 4.74 Å². The molecule has 1 unspecified atom stereocenters. The number of imidazole rings is 1. The van der Waals surface area contributed by atoms with E-state index < -0.39 is 11.2 Å². The fraction of sp³-hybridized carbons (Fsp3) is 0.312. The Labute approximate surface area is 136 Å². The van der Waals surface area contributed by atoms with Crippen LogP contribution >= 0.6 is 0 Å². The van der Waals surface area contributed by atoms with Gasteiger partial charge in [-0.2, -0.15) is 4.98 Å². The first kappa shape index (κ1) is 14.6. The van der Waals surface area contributed by atoms with Crippen LogP contribution in [0, 0.1) is 6.92 Å². The van der Waals surface area contributed by atoms with Crippen molar-refractivity contribution in [2.24, 2.45) is 14.1 Å². The number of H-pyrrole nitrogens is 1. The van der Waals surface area contributed by atoms with E-state index in [0.29, 0.717) is 23.7 Å². The number of nitrogens with one attached hydrogen (secondary N) is 2. The van der Waals surface area contributed by atoms with Crippen molar-refractivity contribution in [2.75, 3.05) is 11.9 Å². The first-order chi connectivity index (χ1) is 11.5. The number of hydrogen-bond acceptors (Lipinski definition) is 5. The summed E-state index contributed by atoms with van der Waals surface area (Å²) in [6.07, 6.45) is 0. The van der Waals surface area contributed by atoms with Crippen LogP contribution in [0.15, 0.2) is 27.8 Å². The molecule has 0 fully saturated rings. The van der Waals surface area contributed by atoms with Gasteiger partial charge in [0.2, 0.25) is 5.95 Å². The smallest absolute Gasteiger partial charge is 0.329 e. The average molecular weight is 327 g/mol. The third-order valence-corrected chi connectivity index (χ3v) is 4.38. The number of aromatic nitrogens is 4. The van der Waals surface area contributed by atoms with E-state index in [1.54, 1.807) is 18.7 Å². The van der Waals surface area contributed by atoms with Gasteiger partial charge in [-0.3, -0.25) is 14.3 Å². The largest absolute Gasteiger partial charge is 0.491 e. The summed E-state index contributed by atoms with van der Waals surface area (Å²) in [5, 5.41) is 3.31. The second-order valence-electron chi connectivity index (χ2n) is 6.03. The molecule has 2 N–H and O–H groups in total. The molecule has 8 nitrogen and oxygen atoms in total.